The number of likely N-dealkylation sites (tertiary alicyclic amines) is 1. The van der Waals surface area contributed by atoms with E-state index in [0.29, 0.717) is 37.1 Å². The van der Waals surface area contributed by atoms with E-state index < -0.39 is 28.8 Å². The molecule has 3 amide bonds. The van der Waals surface area contributed by atoms with Gasteiger partial charge in [-0.2, -0.15) is 0 Å². The molecule has 31 heavy (non-hydrogen) atoms. The number of nitrogens with one attached hydrogen (secondary N) is 1. The first-order valence-electron chi connectivity index (χ1n) is 11.2. The number of rotatable bonds is 3. The fraction of sp³-hybridized carbons (Fsp3) is 0.609. The molecule has 3 aliphatic heterocycles. The summed E-state index contributed by atoms with van der Waals surface area (Å²) < 4.78 is 15.9. The second-order valence-corrected chi connectivity index (χ2v) is 9.44. The number of hydrogen-bond donors (Lipinski definition) is 2. The molecule has 3 heterocycles. The molecule has 0 radical (unpaired) electrons. The monoisotopic (exact) mass is 429 g/mol. The summed E-state index contributed by atoms with van der Waals surface area (Å²) in [6.45, 7) is 6.39. The fourth-order valence-electron chi connectivity index (χ4n) is 6.28. The molecule has 0 aromatic heterocycles. The summed E-state index contributed by atoms with van der Waals surface area (Å²) in [5, 5.41) is 14.1. The van der Waals surface area contributed by atoms with Crippen LogP contribution >= 0.6 is 0 Å². The van der Waals surface area contributed by atoms with Crippen molar-refractivity contribution in [1.82, 2.24) is 15.1 Å². The van der Waals surface area contributed by atoms with Gasteiger partial charge in [0.25, 0.3) is 5.91 Å². The van der Waals surface area contributed by atoms with E-state index >= 15 is 4.39 Å². The Labute approximate surface area is 180 Å². The molecule has 7 nitrogen and oxygen atoms in total. The number of carbonyl (C=O) groups is 3. The first-order chi connectivity index (χ1) is 14.7. The number of fused-ring (bicyclic) bond motifs is 4. The first kappa shape index (κ1) is 20.6. The molecule has 166 valence electrons. The minimum atomic E-state index is -1.26. The molecule has 3 atom stereocenters. The van der Waals surface area contributed by atoms with Crippen molar-refractivity contribution < 1.29 is 23.9 Å². The highest BCUT2D eigenvalue weighted by Gasteiger charge is 2.60. The largest absolute Gasteiger partial charge is 0.384 e. The number of imide groups is 1. The van der Waals surface area contributed by atoms with Gasteiger partial charge in [-0.15, -0.1) is 0 Å². The van der Waals surface area contributed by atoms with Crippen molar-refractivity contribution >= 4 is 17.7 Å². The summed E-state index contributed by atoms with van der Waals surface area (Å²) in [6.07, 6.45) is 2.10. The quantitative estimate of drug-likeness (QED) is 0.710. The Morgan fingerprint density at radius 3 is 2.74 bits per heavy atom. The summed E-state index contributed by atoms with van der Waals surface area (Å²) >= 11 is 0. The van der Waals surface area contributed by atoms with Gasteiger partial charge < -0.3 is 14.9 Å². The average molecular weight is 429 g/mol. The molecule has 2 N–H and O–H groups in total. The van der Waals surface area contributed by atoms with E-state index in [0.717, 1.165) is 13.0 Å². The number of hydrogen-bond acceptors (Lipinski definition) is 5. The minimum absolute atomic E-state index is 0.0180. The molecule has 1 unspecified atom stereocenters. The van der Waals surface area contributed by atoms with Crippen molar-refractivity contribution in [1.29, 1.82) is 0 Å². The van der Waals surface area contributed by atoms with Gasteiger partial charge in [-0.05, 0) is 43.9 Å². The maximum atomic E-state index is 15.9. The molecule has 5 rings (SSSR count). The second kappa shape index (κ2) is 6.84. The summed E-state index contributed by atoms with van der Waals surface area (Å²) in [5.74, 6) is -1.75. The lowest BCUT2D eigenvalue weighted by Gasteiger charge is -2.50. The molecule has 1 aromatic rings. The molecule has 8 heteroatoms. The van der Waals surface area contributed by atoms with E-state index in [1.54, 1.807) is 6.07 Å². The molecule has 0 saturated carbocycles. The summed E-state index contributed by atoms with van der Waals surface area (Å²) in [7, 11) is 0. The average Bonchev–Trinajstić information content (AvgIpc) is 3.20. The molecule has 1 aliphatic carbocycles. The van der Waals surface area contributed by atoms with Crippen molar-refractivity contribution in [2.45, 2.75) is 64.1 Å². The minimum Gasteiger partial charge on any atom is -0.384 e. The van der Waals surface area contributed by atoms with Crippen LogP contribution in [0.4, 0.5) is 4.39 Å². The topological polar surface area (TPSA) is 89.9 Å². The zero-order chi connectivity index (χ0) is 22.1. The summed E-state index contributed by atoms with van der Waals surface area (Å²) in [5.41, 5.74) is -0.133. The van der Waals surface area contributed by atoms with Crippen LogP contribution in [0.5, 0.6) is 0 Å². The van der Waals surface area contributed by atoms with Gasteiger partial charge in [-0.25, -0.2) is 4.39 Å². The lowest BCUT2D eigenvalue weighted by atomic mass is 9.66. The number of carbonyl (C=O) groups excluding carboxylic acids is 3. The molecule has 4 aliphatic rings. The molecule has 2 fully saturated rings. The van der Waals surface area contributed by atoms with Crippen molar-refractivity contribution in [3.63, 3.8) is 0 Å². The molecular weight excluding hydrogens is 401 g/mol. The van der Waals surface area contributed by atoms with E-state index in [9.17, 15) is 19.5 Å². The van der Waals surface area contributed by atoms with Crippen LogP contribution in [0.15, 0.2) is 6.07 Å². The van der Waals surface area contributed by atoms with E-state index in [2.05, 4.69) is 17.1 Å². The number of aliphatic hydroxyl groups is 1. The van der Waals surface area contributed by atoms with E-state index in [1.807, 2.05) is 6.92 Å². The lowest BCUT2D eigenvalue weighted by molar-refractivity contribution is -0.137. The van der Waals surface area contributed by atoms with E-state index in [-0.39, 0.29) is 42.3 Å². The van der Waals surface area contributed by atoms with Crippen molar-refractivity contribution in [2.75, 3.05) is 19.6 Å². The van der Waals surface area contributed by atoms with Crippen LogP contribution in [0, 0.1) is 11.2 Å². The Morgan fingerprint density at radius 2 is 2.06 bits per heavy atom. The van der Waals surface area contributed by atoms with Gasteiger partial charge >= 0.3 is 0 Å². The standard InChI is InChI=1S/C23H28FN3O4/c1-3-22-10-13-9-14-15(11-27(21(14)30)16-5-6-17(28)25-20(16)29)19(24)18(13)23(22,31)7-8-26(4-2)12-22/h9,16,31H,3-8,10-12H2,1-2H3,(H,25,28,29)/t16-,22?,23-/m1/s1. The van der Waals surface area contributed by atoms with E-state index in [4.69, 9.17) is 0 Å². The number of nitrogens with zero attached hydrogens (tertiary/aromatic N) is 2. The van der Waals surface area contributed by atoms with Crippen molar-refractivity contribution in [3.8, 4) is 0 Å². The smallest absolute Gasteiger partial charge is 0.255 e. The third-order valence-corrected chi connectivity index (χ3v) is 8.12. The zero-order valence-corrected chi connectivity index (χ0v) is 18.0. The Bertz CT molecular complexity index is 1010. The highest BCUT2D eigenvalue weighted by molar-refractivity contribution is 6.05. The number of amides is 3. The van der Waals surface area contributed by atoms with Gasteiger partial charge in [-0.3, -0.25) is 19.7 Å². The van der Waals surface area contributed by atoms with Gasteiger partial charge in [0, 0.05) is 41.6 Å². The normalized spacial score (nSPS) is 32.7. The van der Waals surface area contributed by atoms with Gasteiger partial charge in [0.15, 0.2) is 0 Å². The Kier molecular flexibility index (Phi) is 4.54. The molecule has 0 bridgehead atoms. The fourth-order valence-corrected chi connectivity index (χ4v) is 6.28. The summed E-state index contributed by atoms with van der Waals surface area (Å²) in [4.78, 5) is 40.6. The summed E-state index contributed by atoms with van der Waals surface area (Å²) in [6, 6.07) is 0.962. The van der Waals surface area contributed by atoms with Crippen LogP contribution in [-0.4, -0.2) is 58.3 Å². The van der Waals surface area contributed by atoms with E-state index in [1.165, 1.54) is 4.90 Å². The molecule has 2 saturated heterocycles. The SMILES string of the molecule is CCN1CC[C@@]2(O)c3c(cc4c(c3F)CN([C@@H]3CCC(=O)NC3=O)C4=O)CC2(CC)C1. The predicted molar refractivity (Wildman–Crippen MR) is 110 cm³/mol. The predicted octanol–water partition coefficient (Wildman–Crippen LogP) is 1.45. The Hall–Kier alpha value is -2.32. The zero-order valence-electron chi connectivity index (χ0n) is 18.0. The van der Waals surface area contributed by atoms with Crippen molar-refractivity contribution in [2.24, 2.45) is 5.41 Å². The van der Waals surface area contributed by atoms with Crippen LogP contribution in [-0.2, 0) is 28.2 Å². The van der Waals surface area contributed by atoms with Crippen LogP contribution in [0.1, 0.15) is 66.6 Å². The third kappa shape index (κ3) is 2.67. The van der Waals surface area contributed by atoms with Crippen LogP contribution in [0.3, 0.4) is 0 Å². The molecule has 1 aromatic carbocycles. The van der Waals surface area contributed by atoms with Gasteiger partial charge in [0.05, 0.1) is 6.54 Å². The first-order valence-corrected chi connectivity index (χ1v) is 11.2. The van der Waals surface area contributed by atoms with Gasteiger partial charge in [0.1, 0.15) is 17.5 Å². The van der Waals surface area contributed by atoms with Gasteiger partial charge in [-0.1, -0.05) is 13.8 Å². The van der Waals surface area contributed by atoms with Crippen molar-refractivity contribution in [3.05, 3.63) is 34.1 Å². The third-order valence-electron chi connectivity index (χ3n) is 8.12. The van der Waals surface area contributed by atoms with Crippen LogP contribution in [0.2, 0.25) is 0 Å². The highest BCUT2D eigenvalue weighted by Crippen LogP contribution is 2.58. The molecule has 0 spiro atoms. The van der Waals surface area contributed by atoms with Crippen LogP contribution in [0.25, 0.3) is 0 Å². The molecular formula is C23H28FN3O4. The van der Waals surface area contributed by atoms with Gasteiger partial charge in [0.2, 0.25) is 11.8 Å². The lowest BCUT2D eigenvalue weighted by Crippen LogP contribution is -2.56. The number of piperidine rings is 2. The second-order valence-electron chi connectivity index (χ2n) is 9.44. The Morgan fingerprint density at radius 1 is 1.29 bits per heavy atom. The highest BCUT2D eigenvalue weighted by atomic mass is 19.1. The maximum Gasteiger partial charge on any atom is 0.255 e. The maximum absolute atomic E-state index is 15.9. The van der Waals surface area contributed by atoms with Crippen LogP contribution < -0.4 is 5.32 Å². The number of halogens is 1. The Balaban J connectivity index is 1.54. The number of benzene rings is 1.